The van der Waals surface area contributed by atoms with E-state index in [1.54, 1.807) is 49.5 Å². The highest BCUT2D eigenvalue weighted by atomic mass is 16.5. The van der Waals surface area contributed by atoms with Crippen LogP contribution in [0.4, 0.5) is 0 Å². The molecular formula is C22H23NO5. The number of fused-ring (bicyclic) bond motifs is 1. The monoisotopic (exact) mass is 381 g/mol. The fraction of sp³-hybridized carbons (Fsp3) is 0.364. The molecule has 4 rings (SSSR count). The van der Waals surface area contributed by atoms with E-state index >= 15 is 0 Å². The third-order valence-electron chi connectivity index (χ3n) is 5.60. The number of nitrogens with zero attached hydrogens (tertiary/aromatic N) is 1. The van der Waals surface area contributed by atoms with E-state index in [1.165, 1.54) is 0 Å². The van der Waals surface area contributed by atoms with Crippen LogP contribution in [0.5, 0.6) is 17.2 Å². The average molecular weight is 381 g/mol. The fourth-order valence-corrected chi connectivity index (χ4v) is 3.99. The topological polar surface area (TPSA) is 65.1 Å². The molecule has 2 aliphatic rings. The van der Waals surface area contributed by atoms with Crippen molar-refractivity contribution in [3.8, 4) is 17.2 Å². The number of likely N-dealkylation sites (tertiary alicyclic amines) is 1. The minimum atomic E-state index is -0.562. The summed E-state index contributed by atoms with van der Waals surface area (Å²) in [5.41, 5.74) is 0.587. The van der Waals surface area contributed by atoms with Crippen LogP contribution in [0.3, 0.4) is 0 Å². The summed E-state index contributed by atoms with van der Waals surface area (Å²) in [6.45, 7) is 1.06. The SMILES string of the molecule is COc1ccc2c(c1)OC1(CCN(C(=O)c3ccccc3OC)CC1)CC2=O. The normalized spacial score (nSPS) is 17.6. The Kier molecular flexibility index (Phi) is 4.71. The van der Waals surface area contributed by atoms with E-state index in [0.29, 0.717) is 60.7 Å². The van der Waals surface area contributed by atoms with E-state index in [4.69, 9.17) is 14.2 Å². The van der Waals surface area contributed by atoms with Gasteiger partial charge in [-0.2, -0.15) is 0 Å². The molecule has 1 spiro atoms. The molecule has 2 aliphatic heterocycles. The number of Topliss-reactive ketones (excluding diaryl/α,β-unsaturated/α-hetero) is 1. The van der Waals surface area contributed by atoms with Crippen LogP contribution >= 0.6 is 0 Å². The van der Waals surface area contributed by atoms with Gasteiger partial charge >= 0.3 is 0 Å². The summed E-state index contributed by atoms with van der Waals surface area (Å²) in [5, 5.41) is 0. The van der Waals surface area contributed by atoms with Crippen LogP contribution in [0.15, 0.2) is 42.5 Å². The Hall–Kier alpha value is -3.02. The lowest BCUT2D eigenvalue weighted by Gasteiger charge is -2.44. The molecule has 6 heteroatoms. The van der Waals surface area contributed by atoms with Gasteiger partial charge in [0.15, 0.2) is 5.78 Å². The van der Waals surface area contributed by atoms with Crippen molar-refractivity contribution in [1.82, 2.24) is 4.90 Å². The molecule has 0 aromatic heterocycles. The first-order valence-electron chi connectivity index (χ1n) is 9.38. The van der Waals surface area contributed by atoms with E-state index in [0.717, 1.165) is 0 Å². The van der Waals surface area contributed by atoms with Crippen molar-refractivity contribution in [1.29, 1.82) is 0 Å². The van der Waals surface area contributed by atoms with Crippen molar-refractivity contribution in [2.45, 2.75) is 24.9 Å². The zero-order chi connectivity index (χ0) is 19.7. The zero-order valence-electron chi connectivity index (χ0n) is 16.1. The van der Waals surface area contributed by atoms with Gasteiger partial charge in [0, 0.05) is 32.0 Å². The Labute approximate surface area is 164 Å². The molecule has 0 radical (unpaired) electrons. The van der Waals surface area contributed by atoms with Gasteiger partial charge in [-0.3, -0.25) is 9.59 Å². The van der Waals surface area contributed by atoms with Crippen molar-refractivity contribution in [2.24, 2.45) is 0 Å². The molecule has 0 N–H and O–H groups in total. The molecule has 2 aromatic rings. The van der Waals surface area contributed by atoms with Crippen molar-refractivity contribution < 1.29 is 23.8 Å². The number of benzene rings is 2. The molecule has 0 unspecified atom stereocenters. The number of hydrogen-bond acceptors (Lipinski definition) is 5. The number of ether oxygens (including phenoxy) is 3. The molecule has 0 bridgehead atoms. The first-order valence-corrected chi connectivity index (χ1v) is 9.38. The van der Waals surface area contributed by atoms with Crippen LogP contribution in [0, 0.1) is 0 Å². The molecule has 1 saturated heterocycles. The van der Waals surface area contributed by atoms with E-state index < -0.39 is 5.60 Å². The number of hydrogen-bond donors (Lipinski definition) is 0. The second-order valence-electron chi connectivity index (χ2n) is 7.24. The smallest absolute Gasteiger partial charge is 0.257 e. The van der Waals surface area contributed by atoms with Gasteiger partial charge in [-0.05, 0) is 24.3 Å². The third kappa shape index (κ3) is 3.19. The predicted molar refractivity (Wildman–Crippen MR) is 103 cm³/mol. The quantitative estimate of drug-likeness (QED) is 0.816. The largest absolute Gasteiger partial charge is 0.497 e. The number of carbonyl (C=O) groups is 2. The molecule has 6 nitrogen and oxygen atoms in total. The zero-order valence-corrected chi connectivity index (χ0v) is 16.1. The number of rotatable bonds is 3. The van der Waals surface area contributed by atoms with Crippen LogP contribution in [-0.4, -0.2) is 49.5 Å². The lowest BCUT2D eigenvalue weighted by atomic mass is 9.82. The lowest BCUT2D eigenvalue weighted by molar-refractivity contribution is -0.00586. The van der Waals surface area contributed by atoms with Gasteiger partial charge in [0.2, 0.25) is 0 Å². The van der Waals surface area contributed by atoms with Crippen LogP contribution < -0.4 is 14.2 Å². The lowest BCUT2D eigenvalue weighted by Crippen LogP contribution is -2.52. The summed E-state index contributed by atoms with van der Waals surface area (Å²) >= 11 is 0. The molecule has 1 fully saturated rings. The van der Waals surface area contributed by atoms with E-state index in [9.17, 15) is 9.59 Å². The molecule has 2 aromatic carbocycles. The van der Waals surface area contributed by atoms with Crippen molar-refractivity contribution in [2.75, 3.05) is 27.3 Å². The highest BCUT2D eigenvalue weighted by Gasteiger charge is 2.44. The number of amides is 1. The van der Waals surface area contributed by atoms with Gasteiger partial charge in [0.05, 0.1) is 31.8 Å². The second-order valence-corrected chi connectivity index (χ2v) is 7.24. The van der Waals surface area contributed by atoms with Gasteiger partial charge in [-0.1, -0.05) is 12.1 Å². The fourth-order valence-electron chi connectivity index (χ4n) is 3.99. The predicted octanol–water partition coefficient (Wildman–Crippen LogP) is 3.34. The molecule has 0 aliphatic carbocycles. The summed E-state index contributed by atoms with van der Waals surface area (Å²) in [6, 6.07) is 12.5. The standard InChI is InChI=1S/C22H23NO5/c1-26-15-7-8-16-18(24)14-22(28-20(16)13-15)9-11-23(12-10-22)21(25)17-5-3-4-6-19(17)27-2/h3-8,13H,9-12,14H2,1-2H3. The van der Waals surface area contributed by atoms with E-state index in [-0.39, 0.29) is 11.7 Å². The summed E-state index contributed by atoms with van der Waals surface area (Å²) in [5.74, 6) is 1.82. The molecule has 28 heavy (non-hydrogen) atoms. The van der Waals surface area contributed by atoms with Crippen molar-refractivity contribution in [3.05, 3.63) is 53.6 Å². The van der Waals surface area contributed by atoms with Crippen LogP contribution in [0.25, 0.3) is 0 Å². The number of methoxy groups -OCH3 is 2. The summed E-state index contributed by atoms with van der Waals surface area (Å²) in [6.07, 6.45) is 1.55. The minimum absolute atomic E-state index is 0.0588. The van der Waals surface area contributed by atoms with Crippen LogP contribution in [-0.2, 0) is 0 Å². The maximum atomic E-state index is 12.9. The maximum absolute atomic E-state index is 12.9. The molecular weight excluding hydrogens is 358 g/mol. The van der Waals surface area contributed by atoms with Gasteiger partial charge < -0.3 is 19.1 Å². The summed E-state index contributed by atoms with van der Waals surface area (Å²) < 4.78 is 16.9. The van der Waals surface area contributed by atoms with Crippen molar-refractivity contribution >= 4 is 11.7 Å². The highest BCUT2D eigenvalue weighted by Crippen LogP contribution is 2.41. The van der Waals surface area contributed by atoms with E-state index in [2.05, 4.69) is 0 Å². The third-order valence-corrected chi connectivity index (χ3v) is 5.60. The number of piperidine rings is 1. The Balaban J connectivity index is 1.50. The number of para-hydroxylation sites is 1. The summed E-state index contributed by atoms with van der Waals surface area (Å²) in [7, 11) is 3.15. The van der Waals surface area contributed by atoms with Crippen LogP contribution in [0.1, 0.15) is 40.0 Å². The number of ketones is 1. The molecule has 0 atom stereocenters. The van der Waals surface area contributed by atoms with Gasteiger partial charge in [0.1, 0.15) is 22.8 Å². The van der Waals surface area contributed by atoms with Crippen molar-refractivity contribution in [3.63, 3.8) is 0 Å². The van der Waals surface area contributed by atoms with Gasteiger partial charge in [-0.15, -0.1) is 0 Å². The van der Waals surface area contributed by atoms with Gasteiger partial charge in [0.25, 0.3) is 5.91 Å². The van der Waals surface area contributed by atoms with Crippen LogP contribution in [0.2, 0.25) is 0 Å². The molecule has 1 amide bonds. The second kappa shape index (κ2) is 7.19. The number of carbonyl (C=O) groups excluding carboxylic acids is 2. The highest BCUT2D eigenvalue weighted by molar-refractivity contribution is 6.00. The average Bonchev–Trinajstić information content (AvgIpc) is 2.73. The van der Waals surface area contributed by atoms with Gasteiger partial charge in [-0.25, -0.2) is 0 Å². The Morgan fingerprint density at radius 3 is 2.54 bits per heavy atom. The summed E-state index contributed by atoms with van der Waals surface area (Å²) in [4.78, 5) is 27.4. The maximum Gasteiger partial charge on any atom is 0.257 e. The first kappa shape index (κ1) is 18.3. The van der Waals surface area contributed by atoms with E-state index in [1.807, 2.05) is 12.1 Å². The molecule has 146 valence electrons. The Bertz CT molecular complexity index is 915. The minimum Gasteiger partial charge on any atom is -0.497 e. The molecule has 2 heterocycles. The first-order chi connectivity index (χ1) is 13.5. The Morgan fingerprint density at radius 2 is 1.82 bits per heavy atom. The molecule has 0 saturated carbocycles. The Morgan fingerprint density at radius 1 is 1.07 bits per heavy atom.